The highest BCUT2D eigenvalue weighted by Crippen LogP contribution is 2.04. The van der Waals surface area contributed by atoms with Gasteiger partial charge in [0.05, 0.1) is 0 Å². The molecule has 0 heterocycles. The van der Waals surface area contributed by atoms with Gasteiger partial charge in [0, 0.05) is 24.1 Å². The zero-order valence-electron chi connectivity index (χ0n) is 9.35. The SMILES string of the molecule is CN(CC(C=O)N=[N+]=[N-])C(=O)c1ccccc1. The van der Waals surface area contributed by atoms with Crippen LogP contribution in [0.2, 0.25) is 0 Å². The standard InChI is InChI=1S/C11H12N4O2/c1-15(7-10(8-16)13-14-12)11(17)9-5-3-2-4-6-9/h2-6,8,10H,7H2,1H3. The van der Waals surface area contributed by atoms with E-state index in [4.69, 9.17) is 5.53 Å². The Morgan fingerprint density at radius 2 is 2.18 bits per heavy atom. The Balaban J connectivity index is 2.70. The van der Waals surface area contributed by atoms with Crippen molar-refractivity contribution in [1.29, 1.82) is 0 Å². The molecule has 0 N–H and O–H groups in total. The van der Waals surface area contributed by atoms with Crippen molar-refractivity contribution in [3.05, 3.63) is 46.3 Å². The summed E-state index contributed by atoms with van der Waals surface area (Å²) in [5.41, 5.74) is 8.76. The average Bonchev–Trinajstić information content (AvgIpc) is 2.38. The van der Waals surface area contributed by atoms with Gasteiger partial charge in [-0.2, -0.15) is 0 Å². The Morgan fingerprint density at radius 1 is 1.53 bits per heavy atom. The van der Waals surface area contributed by atoms with Crippen LogP contribution in [0.5, 0.6) is 0 Å². The normalized spacial score (nSPS) is 11.1. The molecule has 1 rings (SSSR count). The molecule has 0 aliphatic carbocycles. The summed E-state index contributed by atoms with van der Waals surface area (Å²) < 4.78 is 0. The molecule has 0 saturated carbocycles. The Hall–Kier alpha value is -2.33. The monoisotopic (exact) mass is 232 g/mol. The average molecular weight is 232 g/mol. The maximum absolute atomic E-state index is 11.9. The largest absolute Gasteiger partial charge is 0.341 e. The molecule has 0 bridgehead atoms. The lowest BCUT2D eigenvalue weighted by Crippen LogP contribution is -2.34. The second kappa shape index (κ2) is 6.30. The van der Waals surface area contributed by atoms with Gasteiger partial charge in [0.25, 0.3) is 5.91 Å². The van der Waals surface area contributed by atoms with Crippen molar-refractivity contribution >= 4 is 12.2 Å². The van der Waals surface area contributed by atoms with Crippen LogP contribution in [-0.4, -0.2) is 36.7 Å². The molecule has 1 atom stereocenters. The lowest BCUT2D eigenvalue weighted by Gasteiger charge is -2.18. The van der Waals surface area contributed by atoms with Crippen molar-refractivity contribution in [2.24, 2.45) is 5.11 Å². The number of hydrogen-bond donors (Lipinski definition) is 0. The molecule has 0 fully saturated rings. The number of azide groups is 1. The fourth-order valence-electron chi connectivity index (χ4n) is 1.34. The van der Waals surface area contributed by atoms with E-state index in [-0.39, 0.29) is 12.5 Å². The fraction of sp³-hybridized carbons (Fsp3) is 0.273. The van der Waals surface area contributed by atoms with E-state index in [1.807, 2.05) is 6.07 Å². The molecule has 0 radical (unpaired) electrons. The van der Waals surface area contributed by atoms with E-state index in [1.54, 1.807) is 31.3 Å². The van der Waals surface area contributed by atoms with Crippen LogP contribution in [0.15, 0.2) is 35.4 Å². The summed E-state index contributed by atoms with van der Waals surface area (Å²) in [6.45, 7) is 0.0707. The fourth-order valence-corrected chi connectivity index (χ4v) is 1.34. The number of rotatable bonds is 5. The van der Waals surface area contributed by atoms with Gasteiger partial charge in [-0.1, -0.05) is 23.3 Å². The maximum Gasteiger partial charge on any atom is 0.253 e. The molecule has 1 aromatic rings. The molecule has 0 aromatic heterocycles. The van der Waals surface area contributed by atoms with Crippen molar-refractivity contribution in [3.8, 4) is 0 Å². The molecular weight excluding hydrogens is 220 g/mol. The molecule has 6 nitrogen and oxygen atoms in total. The third-order valence-electron chi connectivity index (χ3n) is 2.19. The number of likely N-dealkylation sites (N-methyl/N-ethyl adjacent to an activating group) is 1. The van der Waals surface area contributed by atoms with E-state index in [1.165, 1.54) is 4.90 Å². The predicted molar refractivity (Wildman–Crippen MR) is 62.4 cm³/mol. The van der Waals surface area contributed by atoms with Crippen molar-refractivity contribution in [2.75, 3.05) is 13.6 Å². The lowest BCUT2D eigenvalue weighted by atomic mass is 10.2. The number of nitrogens with zero attached hydrogens (tertiary/aromatic N) is 4. The molecule has 1 unspecified atom stereocenters. The molecule has 0 aliphatic rings. The van der Waals surface area contributed by atoms with Crippen LogP contribution in [-0.2, 0) is 4.79 Å². The van der Waals surface area contributed by atoms with Gasteiger partial charge < -0.3 is 9.69 Å². The molecule has 6 heteroatoms. The van der Waals surface area contributed by atoms with E-state index in [2.05, 4.69) is 10.0 Å². The minimum Gasteiger partial charge on any atom is -0.341 e. The third-order valence-corrected chi connectivity index (χ3v) is 2.19. The number of benzene rings is 1. The van der Waals surface area contributed by atoms with E-state index in [9.17, 15) is 9.59 Å². The Labute approximate surface area is 98.5 Å². The maximum atomic E-state index is 11.9. The van der Waals surface area contributed by atoms with Gasteiger partial charge in [0.1, 0.15) is 12.3 Å². The molecule has 0 spiro atoms. The van der Waals surface area contributed by atoms with Crippen LogP contribution < -0.4 is 0 Å². The first-order chi connectivity index (χ1) is 8.19. The second-order valence-corrected chi connectivity index (χ2v) is 3.46. The van der Waals surface area contributed by atoms with Crippen LogP contribution in [0.1, 0.15) is 10.4 Å². The van der Waals surface area contributed by atoms with Gasteiger partial charge in [0.15, 0.2) is 0 Å². The molecule has 0 saturated heterocycles. The highest BCUT2D eigenvalue weighted by molar-refractivity contribution is 5.94. The molecule has 17 heavy (non-hydrogen) atoms. The summed E-state index contributed by atoms with van der Waals surface area (Å²) in [5, 5.41) is 3.28. The molecule has 1 aromatic carbocycles. The van der Waals surface area contributed by atoms with Gasteiger partial charge in [0.2, 0.25) is 0 Å². The summed E-state index contributed by atoms with van der Waals surface area (Å²) >= 11 is 0. The lowest BCUT2D eigenvalue weighted by molar-refractivity contribution is -0.109. The van der Waals surface area contributed by atoms with E-state index < -0.39 is 6.04 Å². The second-order valence-electron chi connectivity index (χ2n) is 3.46. The third kappa shape index (κ3) is 3.62. The highest BCUT2D eigenvalue weighted by Gasteiger charge is 2.15. The first-order valence-corrected chi connectivity index (χ1v) is 4.99. The summed E-state index contributed by atoms with van der Waals surface area (Å²) in [4.78, 5) is 26.4. The van der Waals surface area contributed by atoms with E-state index in [0.29, 0.717) is 11.8 Å². The van der Waals surface area contributed by atoms with Crippen LogP contribution in [0, 0.1) is 0 Å². The van der Waals surface area contributed by atoms with Gasteiger partial charge in [-0.25, -0.2) is 0 Å². The molecule has 1 amide bonds. The van der Waals surface area contributed by atoms with Crippen LogP contribution in [0.4, 0.5) is 0 Å². The first-order valence-electron chi connectivity index (χ1n) is 4.99. The molecular formula is C11H12N4O2. The minimum absolute atomic E-state index is 0.0707. The first kappa shape index (κ1) is 12.7. The van der Waals surface area contributed by atoms with Crippen molar-refractivity contribution in [3.63, 3.8) is 0 Å². The van der Waals surface area contributed by atoms with Gasteiger partial charge in [-0.05, 0) is 17.7 Å². The van der Waals surface area contributed by atoms with Crippen molar-refractivity contribution in [1.82, 2.24) is 4.90 Å². The predicted octanol–water partition coefficient (Wildman–Crippen LogP) is 1.64. The zero-order chi connectivity index (χ0) is 12.7. The smallest absolute Gasteiger partial charge is 0.253 e. The van der Waals surface area contributed by atoms with E-state index in [0.717, 1.165) is 0 Å². The number of amides is 1. The number of carbonyl (C=O) groups excluding carboxylic acids is 2. The number of hydrogen-bond acceptors (Lipinski definition) is 3. The molecule has 88 valence electrons. The van der Waals surface area contributed by atoms with E-state index >= 15 is 0 Å². The Bertz CT molecular complexity index is 440. The van der Waals surface area contributed by atoms with Gasteiger partial charge >= 0.3 is 0 Å². The van der Waals surface area contributed by atoms with Crippen molar-refractivity contribution in [2.45, 2.75) is 6.04 Å². The van der Waals surface area contributed by atoms with Crippen LogP contribution in [0.25, 0.3) is 10.4 Å². The highest BCUT2D eigenvalue weighted by atomic mass is 16.2. The van der Waals surface area contributed by atoms with Crippen LogP contribution in [0.3, 0.4) is 0 Å². The van der Waals surface area contributed by atoms with Gasteiger partial charge in [-0.15, -0.1) is 0 Å². The Morgan fingerprint density at radius 3 is 2.71 bits per heavy atom. The zero-order valence-corrected chi connectivity index (χ0v) is 9.35. The number of carbonyl (C=O) groups is 2. The summed E-state index contributed by atoms with van der Waals surface area (Å²) in [7, 11) is 1.55. The summed E-state index contributed by atoms with van der Waals surface area (Å²) in [5.74, 6) is -0.217. The minimum atomic E-state index is -0.849. The van der Waals surface area contributed by atoms with Crippen molar-refractivity contribution < 1.29 is 9.59 Å². The Kier molecular flexibility index (Phi) is 4.72. The van der Waals surface area contributed by atoms with Crippen LogP contribution >= 0.6 is 0 Å². The molecule has 0 aliphatic heterocycles. The number of aldehydes is 1. The summed E-state index contributed by atoms with van der Waals surface area (Å²) in [6, 6.07) is 7.84. The van der Waals surface area contributed by atoms with Gasteiger partial charge in [-0.3, -0.25) is 4.79 Å². The quantitative estimate of drug-likeness (QED) is 0.334. The summed E-state index contributed by atoms with van der Waals surface area (Å²) in [6.07, 6.45) is 0.522. The topological polar surface area (TPSA) is 86.1 Å².